The van der Waals surface area contributed by atoms with E-state index in [0.29, 0.717) is 28.6 Å². The minimum atomic E-state index is -0.565. The highest BCUT2D eigenvalue weighted by Gasteiger charge is 2.31. The molecule has 4 nitrogen and oxygen atoms in total. The molecule has 1 heterocycles. The van der Waals surface area contributed by atoms with E-state index in [-0.39, 0.29) is 12.0 Å². The average Bonchev–Trinajstić information content (AvgIpc) is 3.25. The Morgan fingerprint density at radius 3 is 2.70 bits per heavy atom. The largest absolute Gasteiger partial charge is 0.489 e. The number of benzene rings is 2. The Kier molecular flexibility index (Phi) is 6.90. The van der Waals surface area contributed by atoms with Crippen LogP contribution in [0.4, 0.5) is 4.39 Å². The van der Waals surface area contributed by atoms with Gasteiger partial charge in [-0.2, -0.15) is 0 Å². The SMILES string of the molecule is O=C(NCC1CC(Oc2cccc(CN3CCCC3)c2Cl)C1)c1cccc(CF)c1. The van der Waals surface area contributed by atoms with E-state index >= 15 is 0 Å². The minimum absolute atomic E-state index is 0.126. The fourth-order valence-electron chi connectivity index (χ4n) is 4.20. The van der Waals surface area contributed by atoms with E-state index in [1.807, 2.05) is 12.1 Å². The van der Waals surface area contributed by atoms with Crippen LogP contribution < -0.4 is 10.1 Å². The van der Waals surface area contributed by atoms with Gasteiger partial charge in [0, 0.05) is 18.7 Å². The molecule has 0 radical (unpaired) electrons. The minimum Gasteiger partial charge on any atom is -0.489 e. The molecule has 2 fully saturated rings. The summed E-state index contributed by atoms with van der Waals surface area (Å²) in [5, 5.41) is 3.67. The number of likely N-dealkylation sites (tertiary alicyclic amines) is 1. The van der Waals surface area contributed by atoms with E-state index in [1.165, 1.54) is 12.8 Å². The van der Waals surface area contributed by atoms with E-state index in [4.69, 9.17) is 16.3 Å². The molecule has 0 atom stereocenters. The van der Waals surface area contributed by atoms with Crippen LogP contribution in [0.2, 0.25) is 5.02 Å². The van der Waals surface area contributed by atoms with Crippen molar-refractivity contribution < 1.29 is 13.9 Å². The first-order chi connectivity index (χ1) is 14.6. The Bertz CT molecular complexity index is 879. The Morgan fingerprint density at radius 2 is 1.93 bits per heavy atom. The number of hydrogen-bond donors (Lipinski definition) is 1. The van der Waals surface area contributed by atoms with Gasteiger partial charge in [0.15, 0.2) is 0 Å². The topological polar surface area (TPSA) is 41.6 Å². The summed E-state index contributed by atoms with van der Waals surface area (Å²) in [5.41, 5.74) is 2.14. The summed E-state index contributed by atoms with van der Waals surface area (Å²) in [4.78, 5) is 14.7. The lowest BCUT2D eigenvalue weighted by atomic mass is 9.82. The van der Waals surface area contributed by atoms with Crippen molar-refractivity contribution in [3.8, 4) is 5.75 Å². The molecule has 1 aliphatic heterocycles. The lowest BCUT2D eigenvalue weighted by Gasteiger charge is -2.35. The molecule has 30 heavy (non-hydrogen) atoms. The van der Waals surface area contributed by atoms with Crippen molar-refractivity contribution in [1.29, 1.82) is 0 Å². The number of nitrogens with zero attached hydrogens (tertiary/aromatic N) is 1. The number of rotatable bonds is 8. The number of hydrogen-bond acceptors (Lipinski definition) is 3. The first-order valence-corrected chi connectivity index (χ1v) is 11.1. The summed E-state index contributed by atoms with van der Waals surface area (Å²) in [5.74, 6) is 0.978. The third kappa shape index (κ3) is 5.13. The van der Waals surface area contributed by atoms with Crippen LogP contribution in [0.1, 0.15) is 47.2 Å². The van der Waals surface area contributed by atoms with E-state index in [0.717, 1.165) is 43.8 Å². The maximum absolute atomic E-state index is 12.8. The second kappa shape index (κ2) is 9.80. The highest BCUT2D eigenvalue weighted by atomic mass is 35.5. The highest BCUT2D eigenvalue weighted by molar-refractivity contribution is 6.32. The number of carbonyl (C=O) groups excluding carboxylic acids is 1. The lowest BCUT2D eigenvalue weighted by Crippen LogP contribution is -2.41. The molecule has 1 amide bonds. The molecule has 2 aromatic rings. The van der Waals surface area contributed by atoms with E-state index in [2.05, 4.69) is 16.3 Å². The van der Waals surface area contributed by atoms with E-state index in [9.17, 15) is 9.18 Å². The molecule has 0 bridgehead atoms. The van der Waals surface area contributed by atoms with Crippen LogP contribution in [0.5, 0.6) is 5.75 Å². The molecule has 0 aromatic heterocycles. The fraction of sp³-hybridized carbons (Fsp3) is 0.458. The van der Waals surface area contributed by atoms with Crippen molar-refractivity contribution in [2.24, 2.45) is 5.92 Å². The van der Waals surface area contributed by atoms with Gasteiger partial charge in [0.2, 0.25) is 0 Å². The van der Waals surface area contributed by atoms with Crippen molar-refractivity contribution in [1.82, 2.24) is 10.2 Å². The summed E-state index contributed by atoms with van der Waals surface area (Å²) in [6, 6.07) is 12.7. The summed E-state index contributed by atoms with van der Waals surface area (Å²) >= 11 is 6.61. The average molecular weight is 431 g/mol. The van der Waals surface area contributed by atoms with Gasteiger partial charge in [-0.3, -0.25) is 9.69 Å². The third-order valence-electron chi connectivity index (χ3n) is 6.02. The molecule has 1 saturated heterocycles. The second-order valence-electron chi connectivity index (χ2n) is 8.33. The zero-order valence-electron chi connectivity index (χ0n) is 17.1. The van der Waals surface area contributed by atoms with Gasteiger partial charge in [-0.1, -0.05) is 35.9 Å². The number of halogens is 2. The van der Waals surface area contributed by atoms with Gasteiger partial charge in [0.1, 0.15) is 12.4 Å². The van der Waals surface area contributed by atoms with Crippen molar-refractivity contribution in [2.75, 3.05) is 19.6 Å². The maximum atomic E-state index is 12.8. The molecular weight excluding hydrogens is 403 g/mol. The first-order valence-electron chi connectivity index (χ1n) is 10.7. The smallest absolute Gasteiger partial charge is 0.251 e. The van der Waals surface area contributed by atoms with Crippen LogP contribution >= 0.6 is 11.6 Å². The van der Waals surface area contributed by atoms with Gasteiger partial charge in [-0.25, -0.2) is 4.39 Å². The molecule has 0 spiro atoms. The van der Waals surface area contributed by atoms with Crippen molar-refractivity contribution >= 4 is 17.5 Å². The standard InChI is InChI=1S/C24H28ClFN2O2/c25-23-20(16-28-9-1-2-10-28)7-4-8-22(23)30-21-12-18(13-21)15-27-24(29)19-6-3-5-17(11-19)14-26/h3-8,11,18,21H,1-2,9-10,12-16H2,(H,27,29). The van der Waals surface area contributed by atoms with Crippen molar-refractivity contribution in [2.45, 2.75) is 45.0 Å². The number of nitrogens with one attached hydrogen (secondary N) is 1. The zero-order valence-corrected chi connectivity index (χ0v) is 17.8. The predicted molar refractivity (Wildman–Crippen MR) is 117 cm³/mol. The molecule has 1 saturated carbocycles. The van der Waals surface area contributed by atoms with Crippen LogP contribution in [0.25, 0.3) is 0 Å². The quantitative estimate of drug-likeness (QED) is 0.641. The van der Waals surface area contributed by atoms with Gasteiger partial charge in [-0.05, 0) is 74.0 Å². The highest BCUT2D eigenvalue weighted by Crippen LogP contribution is 2.36. The third-order valence-corrected chi connectivity index (χ3v) is 6.45. The molecular formula is C24H28ClFN2O2. The molecule has 2 aliphatic rings. The Morgan fingerprint density at radius 1 is 1.17 bits per heavy atom. The molecule has 1 N–H and O–H groups in total. The van der Waals surface area contributed by atoms with Crippen LogP contribution in [0.15, 0.2) is 42.5 Å². The van der Waals surface area contributed by atoms with Crippen LogP contribution in [-0.2, 0) is 13.2 Å². The van der Waals surface area contributed by atoms with Crippen LogP contribution in [-0.4, -0.2) is 36.5 Å². The summed E-state index contributed by atoms with van der Waals surface area (Å²) in [6.45, 7) is 3.18. The van der Waals surface area contributed by atoms with Crippen molar-refractivity contribution in [3.05, 3.63) is 64.2 Å². The van der Waals surface area contributed by atoms with Gasteiger partial charge in [0.05, 0.1) is 11.1 Å². The number of alkyl halides is 1. The Labute approximate surface area is 182 Å². The normalized spacial score (nSPS) is 21.3. The summed E-state index contributed by atoms with van der Waals surface area (Å²) in [7, 11) is 0. The van der Waals surface area contributed by atoms with Crippen molar-refractivity contribution in [3.63, 3.8) is 0 Å². The van der Waals surface area contributed by atoms with Gasteiger partial charge < -0.3 is 10.1 Å². The maximum Gasteiger partial charge on any atom is 0.251 e. The van der Waals surface area contributed by atoms with Gasteiger partial charge in [0.25, 0.3) is 5.91 Å². The van der Waals surface area contributed by atoms with Gasteiger partial charge >= 0.3 is 0 Å². The van der Waals surface area contributed by atoms with Crippen LogP contribution in [0.3, 0.4) is 0 Å². The molecule has 1 aliphatic carbocycles. The Hall–Kier alpha value is -2.11. The molecule has 160 valence electrons. The van der Waals surface area contributed by atoms with Crippen LogP contribution in [0, 0.1) is 5.92 Å². The lowest BCUT2D eigenvalue weighted by molar-refractivity contribution is 0.0617. The second-order valence-corrected chi connectivity index (χ2v) is 8.71. The summed E-state index contributed by atoms with van der Waals surface area (Å²) < 4.78 is 18.9. The molecule has 0 unspecified atom stereocenters. The van der Waals surface area contributed by atoms with Gasteiger partial charge in [-0.15, -0.1) is 0 Å². The first kappa shape index (κ1) is 21.1. The Balaban J connectivity index is 1.23. The fourth-order valence-corrected chi connectivity index (χ4v) is 4.43. The van der Waals surface area contributed by atoms with E-state index < -0.39 is 6.67 Å². The predicted octanol–water partition coefficient (Wildman–Crippen LogP) is 4.99. The number of carbonyl (C=O) groups is 1. The molecule has 4 rings (SSSR count). The zero-order chi connectivity index (χ0) is 20.9. The molecule has 2 aromatic carbocycles. The summed E-state index contributed by atoms with van der Waals surface area (Å²) in [6.07, 6.45) is 4.42. The van der Waals surface area contributed by atoms with E-state index in [1.54, 1.807) is 24.3 Å². The molecule has 6 heteroatoms. The monoisotopic (exact) mass is 430 g/mol. The number of ether oxygens (including phenoxy) is 1. The number of amides is 1.